The van der Waals surface area contributed by atoms with Crippen LogP contribution in [0.15, 0.2) is 48.5 Å². The van der Waals surface area contributed by atoms with Gasteiger partial charge in [-0.2, -0.15) is 0 Å². The number of esters is 2. The van der Waals surface area contributed by atoms with Crippen molar-refractivity contribution in [3.05, 3.63) is 69.4 Å². The molecule has 0 spiro atoms. The van der Waals surface area contributed by atoms with Gasteiger partial charge < -0.3 is 34.1 Å². The number of hydrogen-bond acceptors (Lipinski definition) is 11. The van der Waals surface area contributed by atoms with Crippen LogP contribution in [0.1, 0.15) is 117 Å². The number of carbonyl (C=O) groups is 4. The molecule has 11 nitrogen and oxygen atoms in total. The highest BCUT2D eigenvalue weighted by molar-refractivity contribution is 7.19. The molecule has 0 unspecified atom stereocenters. The fourth-order valence-electron chi connectivity index (χ4n) is 8.36. The second-order valence-electron chi connectivity index (χ2n) is 21.4. The maximum absolute atomic E-state index is 13.7. The number of amides is 2. The SMILES string of the molecule is CC(C)(C)OC(=O)[C@@H](Cc1cc2cc(CNCc3ccc4sc(C[C@H](C(=O)OC(C)(C)C)[C@H]5CCN(C(=O)OC(C)(C)C)C5)cc4c3)ccc2s1)[C@H]1CCN(C(=O)OC(C)(C)C)C1. The normalized spacial score (nSPS) is 18.5. The zero-order valence-electron chi connectivity index (χ0n) is 39.5. The minimum absolute atomic E-state index is 0.0259. The summed E-state index contributed by atoms with van der Waals surface area (Å²) in [5.74, 6) is -1.25. The van der Waals surface area contributed by atoms with Gasteiger partial charge in [-0.15, -0.1) is 22.7 Å². The minimum atomic E-state index is -0.614. The summed E-state index contributed by atoms with van der Waals surface area (Å²) in [4.78, 5) is 58.7. The van der Waals surface area contributed by atoms with E-state index in [4.69, 9.17) is 18.9 Å². The van der Waals surface area contributed by atoms with Crippen molar-refractivity contribution in [2.75, 3.05) is 26.2 Å². The van der Waals surface area contributed by atoms with Gasteiger partial charge in [0.15, 0.2) is 0 Å². The van der Waals surface area contributed by atoms with Crippen LogP contribution in [-0.2, 0) is 54.5 Å². The summed E-state index contributed by atoms with van der Waals surface area (Å²) in [6, 6.07) is 17.5. The average molecular weight is 904 g/mol. The molecule has 2 saturated heterocycles. The van der Waals surface area contributed by atoms with Crippen LogP contribution >= 0.6 is 22.7 Å². The summed E-state index contributed by atoms with van der Waals surface area (Å²) < 4.78 is 25.5. The van der Waals surface area contributed by atoms with E-state index in [1.165, 1.54) is 20.5 Å². The highest BCUT2D eigenvalue weighted by Gasteiger charge is 2.41. The first-order chi connectivity index (χ1) is 29.3. The topological polar surface area (TPSA) is 124 Å². The molecule has 1 N–H and O–H groups in total. The number of hydrogen-bond donors (Lipinski definition) is 1. The van der Waals surface area contributed by atoms with E-state index in [1.807, 2.05) is 83.1 Å². The third kappa shape index (κ3) is 13.9. The van der Waals surface area contributed by atoms with Gasteiger partial charge in [0.1, 0.15) is 22.4 Å². The molecule has 2 aromatic carbocycles. The number of thiophene rings is 2. The first kappa shape index (κ1) is 48.3. The third-order valence-corrected chi connectivity index (χ3v) is 13.4. The fraction of sp³-hybridized carbons (Fsp3) is 0.600. The predicted molar refractivity (Wildman–Crippen MR) is 252 cm³/mol. The van der Waals surface area contributed by atoms with Crippen molar-refractivity contribution in [2.24, 2.45) is 23.7 Å². The van der Waals surface area contributed by atoms with E-state index in [2.05, 4.69) is 53.8 Å². The van der Waals surface area contributed by atoms with Crippen molar-refractivity contribution in [1.82, 2.24) is 15.1 Å². The quantitative estimate of drug-likeness (QED) is 0.109. The third-order valence-electron chi connectivity index (χ3n) is 11.1. The van der Waals surface area contributed by atoms with E-state index in [9.17, 15) is 19.2 Å². The molecule has 4 heterocycles. The number of benzene rings is 2. The highest BCUT2D eigenvalue weighted by atomic mass is 32.1. The van der Waals surface area contributed by atoms with Crippen LogP contribution in [0.2, 0.25) is 0 Å². The van der Waals surface area contributed by atoms with Crippen molar-refractivity contribution in [3.8, 4) is 0 Å². The van der Waals surface area contributed by atoms with E-state index in [1.54, 1.807) is 32.5 Å². The molecule has 2 amide bonds. The van der Waals surface area contributed by atoms with Crippen LogP contribution in [0.4, 0.5) is 9.59 Å². The molecule has 4 aromatic rings. The molecule has 2 fully saturated rings. The second kappa shape index (κ2) is 19.1. The Hall–Kier alpha value is -4.20. The fourth-order valence-corrected chi connectivity index (χ4v) is 10.6. The standard InChI is InChI=1S/C50H69N3O8S2/c1-47(2,3)58-43(54)39(33-17-19-52(29-33)45(56)60-49(7,8)9)25-37-23-35-21-31(13-15-41(35)62-37)27-51-28-32-14-16-42-36(22-32)24-38(63-42)26-40(44(55)59-48(4,5)6)34-18-20-53(30-34)46(57)61-50(10,11)12/h13-16,21-24,33-34,39-40,51H,17-20,25-30H2,1-12H3/t33-,34-,39-,40-/m0/s1. The monoisotopic (exact) mass is 903 g/mol. The molecule has 0 aliphatic carbocycles. The lowest BCUT2D eigenvalue weighted by Crippen LogP contribution is -2.38. The lowest BCUT2D eigenvalue weighted by Gasteiger charge is -2.28. The predicted octanol–water partition coefficient (Wildman–Crippen LogP) is 10.9. The first-order valence-electron chi connectivity index (χ1n) is 22.4. The zero-order chi connectivity index (χ0) is 46.1. The summed E-state index contributed by atoms with van der Waals surface area (Å²) in [7, 11) is 0. The molecule has 0 saturated carbocycles. The van der Waals surface area contributed by atoms with Crippen molar-refractivity contribution < 1.29 is 38.1 Å². The molecule has 13 heteroatoms. The van der Waals surface area contributed by atoms with Gasteiger partial charge in [-0.1, -0.05) is 12.1 Å². The smallest absolute Gasteiger partial charge is 0.410 e. The molecule has 2 aromatic heterocycles. The van der Waals surface area contributed by atoms with Crippen molar-refractivity contribution in [2.45, 2.75) is 144 Å². The molecule has 63 heavy (non-hydrogen) atoms. The summed E-state index contributed by atoms with van der Waals surface area (Å²) in [6.45, 7) is 25.9. The molecule has 6 rings (SSSR count). The van der Waals surface area contributed by atoms with Gasteiger partial charge in [0.05, 0.1) is 11.8 Å². The van der Waals surface area contributed by atoms with Crippen LogP contribution in [0.3, 0.4) is 0 Å². The Morgan fingerprint density at radius 3 is 1.29 bits per heavy atom. The summed E-state index contributed by atoms with van der Waals surface area (Å²) in [6.07, 6.45) is 1.86. The van der Waals surface area contributed by atoms with E-state index >= 15 is 0 Å². The zero-order valence-corrected chi connectivity index (χ0v) is 41.1. The van der Waals surface area contributed by atoms with Crippen LogP contribution in [0.25, 0.3) is 20.2 Å². The summed E-state index contributed by atoms with van der Waals surface area (Å²) >= 11 is 3.41. The van der Waals surface area contributed by atoms with Crippen molar-refractivity contribution in [1.29, 1.82) is 0 Å². The van der Waals surface area contributed by atoms with E-state index in [0.29, 0.717) is 52.1 Å². The summed E-state index contributed by atoms with van der Waals surface area (Å²) in [5.41, 5.74) is -0.0567. The van der Waals surface area contributed by atoms with E-state index in [-0.39, 0.29) is 47.8 Å². The number of carbonyl (C=O) groups excluding carboxylic acids is 4. The number of nitrogens with zero attached hydrogens (tertiary/aromatic N) is 2. The van der Waals surface area contributed by atoms with Crippen molar-refractivity contribution >= 4 is 67.0 Å². The first-order valence-corrected chi connectivity index (χ1v) is 24.1. The number of ether oxygens (including phenoxy) is 4. The van der Waals surface area contributed by atoms with Gasteiger partial charge in [0.2, 0.25) is 0 Å². The van der Waals surface area contributed by atoms with Gasteiger partial charge in [0, 0.05) is 58.4 Å². The van der Waals surface area contributed by atoms with Crippen molar-refractivity contribution in [3.63, 3.8) is 0 Å². The maximum atomic E-state index is 13.7. The van der Waals surface area contributed by atoms with Crippen LogP contribution in [0.5, 0.6) is 0 Å². The van der Waals surface area contributed by atoms with Gasteiger partial charge in [-0.05, 0) is 179 Å². The molecule has 2 aliphatic heterocycles. The number of likely N-dealkylation sites (tertiary alicyclic amines) is 2. The Bertz CT molecular complexity index is 2110. The van der Waals surface area contributed by atoms with E-state index in [0.717, 1.165) is 33.4 Å². The largest absolute Gasteiger partial charge is 0.460 e. The van der Waals surface area contributed by atoms with Gasteiger partial charge >= 0.3 is 24.1 Å². The molecular formula is C50H69N3O8S2. The minimum Gasteiger partial charge on any atom is -0.460 e. The van der Waals surface area contributed by atoms with E-state index < -0.39 is 22.4 Å². The molecular weight excluding hydrogens is 835 g/mol. The Balaban J connectivity index is 1.08. The van der Waals surface area contributed by atoms with Crippen LogP contribution < -0.4 is 5.32 Å². The highest BCUT2D eigenvalue weighted by Crippen LogP contribution is 2.37. The molecule has 2 aliphatic rings. The second-order valence-corrected chi connectivity index (χ2v) is 23.7. The van der Waals surface area contributed by atoms with Gasteiger partial charge in [-0.25, -0.2) is 9.59 Å². The van der Waals surface area contributed by atoms with Crippen LogP contribution in [-0.4, -0.2) is 82.5 Å². The average Bonchev–Trinajstić information content (AvgIpc) is 3.96. The Morgan fingerprint density at radius 1 is 0.571 bits per heavy atom. The number of fused-ring (bicyclic) bond motifs is 2. The summed E-state index contributed by atoms with van der Waals surface area (Å²) in [5, 5.41) is 5.92. The Morgan fingerprint density at radius 2 is 0.937 bits per heavy atom. The Kier molecular flexibility index (Phi) is 14.6. The molecule has 0 radical (unpaired) electrons. The number of nitrogens with one attached hydrogen (secondary N) is 1. The lowest BCUT2D eigenvalue weighted by atomic mass is 9.88. The van der Waals surface area contributed by atoms with Gasteiger partial charge in [0.25, 0.3) is 0 Å². The molecule has 0 bridgehead atoms. The lowest BCUT2D eigenvalue weighted by molar-refractivity contribution is -0.163. The van der Waals surface area contributed by atoms with Gasteiger partial charge in [-0.3, -0.25) is 9.59 Å². The molecule has 344 valence electrons. The number of rotatable bonds is 12. The Labute approximate surface area is 382 Å². The maximum Gasteiger partial charge on any atom is 0.410 e. The molecule has 4 atom stereocenters. The van der Waals surface area contributed by atoms with Crippen LogP contribution in [0, 0.1) is 23.7 Å².